The summed E-state index contributed by atoms with van der Waals surface area (Å²) in [4.78, 5) is 24.4. The molecule has 2 aliphatic rings. The summed E-state index contributed by atoms with van der Waals surface area (Å²) in [6.07, 6.45) is 5.76. The van der Waals surface area contributed by atoms with Crippen molar-refractivity contribution in [3.8, 4) is 11.4 Å². The molecule has 2 aliphatic heterocycles. The minimum Gasteiger partial charge on any atom is -0.384 e. The molecule has 1 saturated heterocycles. The molecule has 1 unspecified atom stereocenters. The predicted octanol–water partition coefficient (Wildman–Crippen LogP) is 3.01. The molecule has 0 spiro atoms. The number of aromatic nitrogens is 2. The van der Waals surface area contributed by atoms with E-state index in [9.17, 15) is 13.6 Å². The third-order valence-corrected chi connectivity index (χ3v) is 5.89. The van der Waals surface area contributed by atoms with E-state index in [4.69, 9.17) is 4.74 Å². The number of carbonyl (C=O) groups excluding carboxylic acids is 1. The summed E-state index contributed by atoms with van der Waals surface area (Å²) < 4.78 is 32.8. The van der Waals surface area contributed by atoms with Crippen molar-refractivity contribution >= 4 is 11.5 Å². The van der Waals surface area contributed by atoms with E-state index in [0.29, 0.717) is 32.0 Å². The first-order valence-electron chi connectivity index (χ1n) is 10.5. The Hall–Kier alpha value is -2.71. The van der Waals surface area contributed by atoms with E-state index in [0.717, 1.165) is 49.6 Å². The molecule has 8 heteroatoms. The van der Waals surface area contributed by atoms with Crippen LogP contribution in [0.5, 0.6) is 0 Å². The van der Waals surface area contributed by atoms with Crippen LogP contribution in [0.1, 0.15) is 18.4 Å². The average molecular weight is 428 g/mol. The van der Waals surface area contributed by atoms with Gasteiger partial charge in [0.25, 0.3) is 0 Å². The van der Waals surface area contributed by atoms with Crippen LogP contribution in [0, 0.1) is 17.6 Å². The molecule has 6 nitrogen and oxygen atoms in total. The quantitative estimate of drug-likeness (QED) is 0.708. The lowest BCUT2D eigenvalue weighted by Crippen LogP contribution is -2.41. The lowest BCUT2D eigenvalue weighted by molar-refractivity contribution is -0.131. The van der Waals surface area contributed by atoms with Crippen molar-refractivity contribution < 1.29 is 18.3 Å². The first-order valence-corrected chi connectivity index (χ1v) is 10.5. The average Bonchev–Trinajstić information content (AvgIpc) is 3.21. The van der Waals surface area contributed by atoms with E-state index in [1.165, 1.54) is 6.07 Å². The van der Waals surface area contributed by atoms with Crippen LogP contribution >= 0.6 is 0 Å². The normalized spacial score (nSPS) is 19.5. The molecule has 0 bridgehead atoms. The summed E-state index contributed by atoms with van der Waals surface area (Å²) in [6.45, 7) is 4.14. The first-order chi connectivity index (χ1) is 15.0. The number of methoxy groups -OCH3 is 1. The second-order valence-corrected chi connectivity index (χ2v) is 8.08. The van der Waals surface area contributed by atoms with Crippen molar-refractivity contribution in [1.82, 2.24) is 19.8 Å². The molecule has 0 aliphatic carbocycles. The van der Waals surface area contributed by atoms with Crippen molar-refractivity contribution in [2.75, 3.05) is 46.4 Å². The third-order valence-electron chi connectivity index (χ3n) is 5.89. The maximum atomic E-state index is 14.6. The molecule has 1 aromatic carbocycles. The standard InChI is InChI=1S/C23H26F2N4O2/c1-31-15-16-4-7-28(13-16)14-22(30)29-8-5-17(6-9-29)18-2-3-20(21(25)10-18)23-26-11-19(24)12-27-23/h2-3,5,10-12,16H,4,6-9,13-15H2,1H3. The number of carbonyl (C=O) groups is 1. The van der Waals surface area contributed by atoms with Crippen LogP contribution in [-0.2, 0) is 9.53 Å². The molecular formula is C23H26F2N4O2. The second-order valence-electron chi connectivity index (χ2n) is 8.08. The zero-order valence-corrected chi connectivity index (χ0v) is 17.6. The second kappa shape index (κ2) is 9.62. The molecule has 4 rings (SSSR count). The minimum atomic E-state index is -0.563. The fourth-order valence-electron chi connectivity index (χ4n) is 4.22. The molecule has 0 radical (unpaired) electrons. The third kappa shape index (κ3) is 5.14. The van der Waals surface area contributed by atoms with Crippen LogP contribution in [0.15, 0.2) is 36.7 Å². The van der Waals surface area contributed by atoms with Gasteiger partial charge in [0.15, 0.2) is 11.6 Å². The molecule has 0 saturated carbocycles. The maximum absolute atomic E-state index is 14.6. The molecule has 1 fully saturated rings. The van der Waals surface area contributed by atoms with E-state index >= 15 is 0 Å². The highest BCUT2D eigenvalue weighted by molar-refractivity contribution is 5.80. The highest BCUT2D eigenvalue weighted by Gasteiger charge is 2.26. The smallest absolute Gasteiger partial charge is 0.237 e. The zero-order chi connectivity index (χ0) is 21.8. The Labute approximate surface area is 180 Å². The number of halogens is 2. The van der Waals surface area contributed by atoms with Crippen LogP contribution in [0.2, 0.25) is 0 Å². The fourth-order valence-corrected chi connectivity index (χ4v) is 4.22. The largest absolute Gasteiger partial charge is 0.384 e. The highest BCUT2D eigenvalue weighted by Crippen LogP contribution is 2.27. The van der Waals surface area contributed by atoms with Crippen molar-refractivity contribution in [2.24, 2.45) is 5.92 Å². The highest BCUT2D eigenvalue weighted by atomic mass is 19.1. The molecule has 1 atom stereocenters. The summed E-state index contributed by atoms with van der Waals surface area (Å²) in [7, 11) is 1.71. The SMILES string of the molecule is COCC1CCN(CC(=O)N2CC=C(c3ccc(-c4ncc(F)cn4)c(F)c3)CC2)C1. The van der Waals surface area contributed by atoms with Crippen LogP contribution in [0.25, 0.3) is 17.0 Å². The number of likely N-dealkylation sites (tertiary alicyclic amines) is 1. The lowest BCUT2D eigenvalue weighted by Gasteiger charge is -2.28. The number of hydrogen-bond donors (Lipinski definition) is 0. The molecule has 2 aromatic rings. The van der Waals surface area contributed by atoms with Crippen LogP contribution in [0.3, 0.4) is 0 Å². The monoisotopic (exact) mass is 428 g/mol. The van der Waals surface area contributed by atoms with Gasteiger partial charge in [0.05, 0.1) is 31.1 Å². The van der Waals surface area contributed by atoms with Gasteiger partial charge in [-0.3, -0.25) is 9.69 Å². The molecule has 3 heterocycles. The van der Waals surface area contributed by atoms with Crippen molar-refractivity contribution in [2.45, 2.75) is 12.8 Å². The van der Waals surface area contributed by atoms with E-state index in [-0.39, 0.29) is 17.3 Å². The number of nitrogens with zero attached hydrogens (tertiary/aromatic N) is 4. The maximum Gasteiger partial charge on any atom is 0.237 e. The summed E-state index contributed by atoms with van der Waals surface area (Å²) >= 11 is 0. The fraction of sp³-hybridized carbons (Fsp3) is 0.435. The van der Waals surface area contributed by atoms with Crippen LogP contribution in [0.4, 0.5) is 8.78 Å². The summed E-state index contributed by atoms with van der Waals surface area (Å²) in [5.41, 5.74) is 2.02. The van der Waals surface area contributed by atoms with E-state index < -0.39 is 11.6 Å². The van der Waals surface area contributed by atoms with Gasteiger partial charge in [0.2, 0.25) is 5.91 Å². The van der Waals surface area contributed by atoms with Gasteiger partial charge >= 0.3 is 0 Å². The topological polar surface area (TPSA) is 58.6 Å². The molecular weight excluding hydrogens is 402 g/mol. The molecule has 164 valence electrons. The Bertz CT molecular complexity index is 965. The number of hydrogen-bond acceptors (Lipinski definition) is 5. The number of benzene rings is 1. The van der Waals surface area contributed by atoms with Gasteiger partial charge in [-0.1, -0.05) is 12.1 Å². The summed E-state index contributed by atoms with van der Waals surface area (Å²) in [5, 5.41) is 0. The van der Waals surface area contributed by atoms with Crippen molar-refractivity contribution in [1.29, 1.82) is 0 Å². The molecule has 1 aromatic heterocycles. The van der Waals surface area contributed by atoms with Gasteiger partial charge in [-0.2, -0.15) is 0 Å². The Balaban J connectivity index is 1.36. The minimum absolute atomic E-state index is 0.128. The first kappa shape index (κ1) is 21.5. The van der Waals surface area contributed by atoms with E-state index in [1.54, 1.807) is 13.2 Å². The van der Waals surface area contributed by atoms with Gasteiger partial charge in [-0.15, -0.1) is 0 Å². The molecule has 31 heavy (non-hydrogen) atoms. The number of ether oxygens (including phenoxy) is 1. The van der Waals surface area contributed by atoms with E-state index in [1.807, 2.05) is 17.0 Å². The summed E-state index contributed by atoms with van der Waals surface area (Å²) in [6, 6.07) is 4.88. The van der Waals surface area contributed by atoms with Gasteiger partial charge in [0.1, 0.15) is 5.82 Å². The Morgan fingerprint density at radius 2 is 2.03 bits per heavy atom. The molecule has 1 amide bonds. The van der Waals surface area contributed by atoms with Crippen molar-refractivity contribution in [3.05, 3.63) is 53.9 Å². The lowest BCUT2D eigenvalue weighted by atomic mass is 9.98. The Kier molecular flexibility index (Phi) is 6.67. The zero-order valence-electron chi connectivity index (χ0n) is 17.6. The van der Waals surface area contributed by atoms with Crippen LogP contribution < -0.4 is 0 Å². The summed E-state index contributed by atoms with van der Waals surface area (Å²) in [5.74, 6) is -0.239. The van der Waals surface area contributed by atoms with Gasteiger partial charge in [-0.25, -0.2) is 18.7 Å². The number of rotatable bonds is 6. The van der Waals surface area contributed by atoms with Crippen molar-refractivity contribution in [3.63, 3.8) is 0 Å². The van der Waals surface area contributed by atoms with E-state index in [2.05, 4.69) is 14.9 Å². The Morgan fingerprint density at radius 1 is 1.23 bits per heavy atom. The van der Waals surface area contributed by atoms with Gasteiger partial charge in [0, 0.05) is 26.7 Å². The van der Waals surface area contributed by atoms with Gasteiger partial charge < -0.3 is 9.64 Å². The van der Waals surface area contributed by atoms with Crippen LogP contribution in [-0.4, -0.2) is 72.1 Å². The number of amides is 1. The molecule has 0 N–H and O–H groups in total. The predicted molar refractivity (Wildman–Crippen MR) is 113 cm³/mol. The Morgan fingerprint density at radius 3 is 2.71 bits per heavy atom. The van der Waals surface area contributed by atoms with Gasteiger partial charge in [-0.05, 0) is 48.6 Å².